The van der Waals surface area contributed by atoms with E-state index in [1.54, 1.807) is 13.3 Å². The van der Waals surface area contributed by atoms with Gasteiger partial charge in [0.2, 0.25) is 0 Å². The highest BCUT2D eigenvalue weighted by atomic mass is 79.9. The Kier molecular flexibility index (Phi) is 4.92. The quantitative estimate of drug-likeness (QED) is 0.601. The highest BCUT2D eigenvalue weighted by molar-refractivity contribution is 9.10. The van der Waals surface area contributed by atoms with E-state index >= 15 is 0 Å². The monoisotopic (exact) mass is 342 g/mol. The van der Waals surface area contributed by atoms with Crippen molar-refractivity contribution in [2.45, 2.75) is 19.5 Å². The van der Waals surface area contributed by atoms with E-state index < -0.39 is 0 Å². The number of nitrogens with two attached hydrogens (primary N) is 1. The zero-order valence-electron chi connectivity index (χ0n) is 11.8. The Labute approximate surface area is 126 Å². The average molecular weight is 343 g/mol. The lowest BCUT2D eigenvalue weighted by atomic mass is 10.1. The van der Waals surface area contributed by atoms with Crippen LogP contribution in [0.5, 0.6) is 0 Å². The zero-order valence-corrected chi connectivity index (χ0v) is 13.4. The zero-order chi connectivity index (χ0) is 14.7. The molecule has 2 aromatic heterocycles. The third kappa shape index (κ3) is 2.93. The van der Waals surface area contributed by atoms with Crippen LogP contribution in [-0.2, 0) is 18.3 Å². The summed E-state index contributed by atoms with van der Waals surface area (Å²) in [5.41, 5.74) is 5.71. The van der Waals surface area contributed by atoms with Crippen molar-refractivity contribution in [1.29, 1.82) is 0 Å². The molecular formula is C12H19BrN6O. The number of hydrazine groups is 1. The third-order valence-corrected chi connectivity index (χ3v) is 3.73. The molecule has 3 N–H and O–H groups in total. The number of aromatic nitrogens is 4. The summed E-state index contributed by atoms with van der Waals surface area (Å²) in [6.45, 7) is 3.20. The second kappa shape index (κ2) is 6.49. The van der Waals surface area contributed by atoms with Gasteiger partial charge in [0.15, 0.2) is 0 Å². The van der Waals surface area contributed by atoms with Gasteiger partial charge in [-0.2, -0.15) is 10.2 Å². The van der Waals surface area contributed by atoms with Crippen LogP contribution in [0.4, 0.5) is 0 Å². The maximum Gasteiger partial charge on any atom is 0.106 e. The van der Waals surface area contributed by atoms with Crippen molar-refractivity contribution < 1.29 is 4.74 Å². The number of nitrogens with one attached hydrogen (secondary N) is 1. The van der Waals surface area contributed by atoms with Gasteiger partial charge in [0.25, 0.3) is 0 Å². The fourth-order valence-electron chi connectivity index (χ4n) is 2.22. The molecule has 0 spiro atoms. The molecule has 20 heavy (non-hydrogen) atoms. The fourth-order valence-corrected chi connectivity index (χ4v) is 2.75. The largest absolute Gasteiger partial charge is 0.383 e. The maximum absolute atomic E-state index is 5.76. The number of hydrogen-bond donors (Lipinski definition) is 2. The predicted octanol–water partition coefficient (Wildman–Crippen LogP) is 0.887. The van der Waals surface area contributed by atoms with Crippen LogP contribution in [0.15, 0.2) is 16.7 Å². The first-order chi connectivity index (χ1) is 9.58. The maximum atomic E-state index is 5.76. The van der Waals surface area contributed by atoms with Crippen LogP contribution >= 0.6 is 15.9 Å². The van der Waals surface area contributed by atoms with E-state index in [-0.39, 0.29) is 6.04 Å². The first-order valence-electron chi connectivity index (χ1n) is 6.25. The van der Waals surface area contributed by atoms with E-state index in [2.05, 4.69) is 31.6 Å². The molecule has 2 heterocycles. The van der Waals surface area contributed by atoms with Gasteiger partial charge in [-0.05, 0) is 28.9 Å². The summed E-state index contributed by atoms with van der Waals surface area (Å²) in [6, 6.07) is 1.81. The van der Waals surface area contributed by atoms with Gasteiger partial charge < -0.3 is 4.74 Å². The molecule has 0 amide bonds. The Bertz CT molecular complexity index is 579. The van der Waals surface area contributed by atoms with Crippen molar-refractivity contribution in [2.75, 3.05) is 13.7 Å². The lowest BCUT2D eigenvalue weighted by molar-refractivity contribution is 0.182. The first-order valence-corrected chi connectivity index (χ1v) is 7.04. The van der Waals surface area contributed by atoms with E-state index in [0.29, 0.717) is 13.2 Å². The Morgan fingerprint density at radius 3 is 2.85 bits per heavy atom. The van der Waals surface area contributed by atoms with Gasteiger partial charge in [0, 0.05) is 14.2 Å². The van der Waals surface area contributed by atoms with Gasteiger partial charge in [-0.3, -0.25) is 15.2 Å². The Morgan fingerprint density at radius 2 is 2.30 bits per heavy atom. The number of methoxy groups -OCH3 is 1. The van der Waals surface area contributed by atoms with Crippen molar-refractivity contribution in [3.63, 3.8) is 0 Å². The molecule has 2 aromatic rings. The second-order valence-corrected chi connectivity index (χ2v) is 5.38. The molecule has 7 nitrogen and oxygen atoms in total. The van der Waals surface area contributed by atoms with Crippen LogP contribution in [-0.4, -0.2) is 33.3 Å². The second-order valence-electron chi connectivity index (χ2n) is 4.53. The molecule has 2 rings (SSSR count). The highest BCUT2D eigenvalue weighted by Gasteiger charge is 2.23. The third-order valence-electron chi connectivity index (χ3n) is 3.11. The smallest absolute Gasteiger partial charge is 0.106 e. The normalized spacial score (nSPS) is 12.8. The van der Waals surface area contributed by atoms with E-state index in [4.69, 9.17) is 10.6 Å². The Balaban J connectivity index is 2.41. The van der Waals surface area contributed by atoms with Gasteiger partial charge in [-0.15, -0.1) is 0 Å². The molecule has 8 heteroatoms. The molecule has 0 aliphatic rings. The van der Waals surface area contributed by atoms with E-state index in [0.717, 1.165) is 21.6 Å². The van der Waals surface area contributed by atoms with Gasteiger partial charge in [0.1, 0.15) is 6.04 Å². The van der Waals surface area contributed by atoms with E-state index in [9.17, 15) is 0 Å². The minimum absolute atomic E-state index is 0.199. The van der Waals surface area contributed by atoms with E-state index in [1.165, 1.54) is 0 Å². The molecule has 0 fully saturated rings. The molecule has 1 unspecified atom stereocenters. The molecule has 0 saturated heterocycles. The fraction of sp³-hybridized carbons (Fsp3) is 0.500. The number of ether oxygens (including phenoxy) is 1. The van der Waals surface area contributed by atoms with E-state index in [1.807, 2.05) is 29.4 Å². The van der Waals surface area contributed by atoms with Crippen molar-refractivity contribution in [1.82, 2.24) is 25.0 Å². The van der Waals surface area contributed by atoms with Crippen LogP contribution in [0, 0.1) is 6.92 Å². The lowest BCUT2D eigenvalue weighted by Gasteiger charge is -2.18. The Hall–Kier alpha value is -1.22. The molecule has 110 valence electrons. The summed E-state index contributed by atoms with van der Waals surface area (Å²) >= 11 is 3.53. The number of hydrogen-bond acceptors (Lipinski definition) is 5. The molecule has 0 aliphatic heterocycles. The van der Waals surface area contributed by atoms with Crippen LogP contribution in [0.1, 0.15) is 23.1 Å². The standard InChI is InChI=1S/C12H19BrN6O/c1-8-6-10(18(2)17-8)11(16-14)12-9(13)7-15-19(12)4-5-20-3/h6-7,11,16H,4-5,14H2,1-3H3. The van der Waals surface area contributed by atoms with Gasteiger partial charge in [0.05, 0.1) is 40.9 Å². The Morgan fingerprint density at radius 1 is 1.55 bits per heavy atom. The lowest BCUT2D eigenvalue weighted by Crippen LogP contribution is -2.32. The van der Waals surface area contributed by atoms with Crippen molar-refractivity contribution in [2.24, 2.45) is 12.9 Å². The topological polar surface area (TPSA) is 82.9 Å². The molecule has 0 saturated carbocycles. The SMILES string of the molecule is COCCn1ncc(Br)c1C(NN)c1cc(C)nn1C. The van der Waals surface area contributed by atoms with Gasteiger partial charge >= 0.3 is 0 Å². The van der Waals surface area contributed by atoms with Crippen molar-refractivity contribution in [3.05, 3.63) is 33.8 Å². The minimum Gasteiger partial charge on any atom is -0.383 e. The van der Waals surface area contributed by atoms with Crippen LogP contribution in [0.25, 0.3) is 0 Å². The summed E-state index contributed by atoms with van der Waals surface area (Å²) in [6.07, 6.45) is 1.76. The van der Waals surface area contributed by atoms with Gasteiger partial charge in [-0.25, -0.2) is 5.43 Å². The molecule has 0 bridgehead atoms. The molecular weight excluding hydrogens is 324 g/mol. The summed E-state index contributed by atoms with van der Waals surface area (Å²) in [7, 11) is 3.57. The molecule has 1 atom stereocenters. The minimum atomic E-state index is -0.199. The highest BCUT2D eigenvalue weighted by Crippen LogP contribution is 2.28. The van der Waals surface area contributed by atoms with Crippen LogP contribution in [0.2, 0.25) is 0 Å². The van der Waals surface area contributed by atoms with Crippen molar-refractivity contribution in [3.8, 4) is 0 Å². The molecule has 0 aromatic carbocycles. The van der Waals surface area contributed by atoms with Crippen molar-refractivity contribution >= 4 is 15.9 Å². The summed E-state index contributed by atoms with van der Waals surface area (Å²) < 4.78 is 9.70. The number of rotatable bonds is 6. The summed E-state index contributed by atoms with van der Waals surface area (Å²) in [4.78, 5) is 0. The van der Waals surface area contributed by atoms with Crippen LogP contribution < -0.4 is 11.3 Å². The average Bonchev–Trinajstić information content (AvgIpc) is 2.93. The predicted molar refractivity (Wildman–Crippen MR) is 78.9 cm³/mol. The number of aryl methyl sites for hydroxylation is 2. The summed E-state index contributed by atoms with van der Waals surface area (Å²) in [5, 5.41) is 8.71. The molecule has 0 aliphatic carbocycles. The van der Waals surface area contributed by atoms with Crippen LogP contribution in [0.3, 0.4) is 0 Å². The molecule has 0 radical (unpaired) electrons. The number of nitrogens with zero attached hydrogens (tertiary/aromatic N) is 4. The first kappa shape index (κ1) is 15.2. The summed E-state index contributed by atoms with van der Waals surface area (Å²) in [5.74, 6) is 5.76. The number of halogens is 1. The van der Waals surface area contributed by atoms with Gasteiger partial charge in [-0.1, -0.05) is 0 Å².